The Morgan fingerprint density at radius 2 is 1.69 bits per heavy atom. The summed E-state index contributed by atoms with van der Waals surface area (Å²) in [6.07, 6.45) is 6.76. The Kier molecular flexibility index (Phi) is 5.10. The maximum absolute atomic E-state index is 13.7. The summed E-state index contributed by atoms with van der Waals surface area (Å²) < 4.78 is 2.08. The number of hydrogen-bond donors (Lipinski definition) is 1. The Labute approximate surface area is 204 Å². The van der Waals surface area contributed by atoms with Crippen molar-refractivity contribution in [3.63, 3.8) is 0 Å². The van der Waals surface area contributed by atoms with Gasteiger partial charge < -0.3 is 9.55 Å². The fourth-order valence-corrected chi connectivity index (χ4v) is 4.89. The predicted molar refractivity (Wildman–Crippen MR) is 142 cm³/mol. The third kappa shape index (κ3) is 3.75. The van der Waals surface area contributed by atoms with E-state index in [-0.39, 0.29) is 5.91 Å². The van der Waals surface area contributed by atoms with E-state index in [4.69, 9.17) is 4.99 Å². The lowest BCUT2D eigenvalue weighted by molar-refractivity contribution is -0.122. The molecule has 5 heteroatoms. The number of aryl methyl sites for hydroxylation is 2. The number of aromatic nitrogens is 2. The minimum Gasteiger partial charge on any atom is -0.361 e. The summed E-state index contributed by atoms with van der Waals surface area (Å²) in [5, 5.41) is 2.30. The van der Waals surface area contributed by atoms with Gasteiger partial charge in [-0.25, -0.2) is 4.99 Å². The summed E-state index contributed by atoms with van der Waals surface area (Å²) in [6, 6.07) is 24.7. The molecule has 0 aliphatic carbocycles. The molecule has 1 N–H and O–H groups in total. The fraction of sp³-hybridized carbons (Fsp3) is 0.133. The lowest BCUT2D eigenvalue weighted by Gasteiger charge is -2.18. The molecule has 1 amide bonds. The molecule has 0 saturated heterocycles. The van der Waals surface area contributed by atoms with Gasteiger partial charge in [0, 0.05) is 58.9 Å². The van der Waals surface area contributed by atoms with Gasteiger partial charge in [0.15, 0.2) is 0 Å². The van der Waals surface area contributed by atoms with Crippen molar-refractivity contribution in [2.75, 3.05) is 6.54 Å². The number of amides is 1. The number of aliphatic imine (C=N–C) groups is 1. The number of hydrogen-bond acceptors (Lipinski definition) is 2. The monoisotopic (exact) mass is 458 g/mol. The standard InChI is InChI=1S/C30H26N4O/c1-20-11-13-21(14-12-20)29-32-27(17-23-19-33(2)28-10-6-4-8-25(23)28)30(35)34(29)16-15-22-18-31-26-9-5-3-7-24(22)26/h3-14,17-19,31H,15-16H2,1-2H3/b27-17+. The molecule has 5 aromatic rings. The molecule has 172 valence electrons. The molecule has 0 spiro atoms. The summed E-state index contributed by atoms with van der Waals surface area (Å²) in [7, 11) is 2.02. The number of nitrogens with zero attached hydrogens (tertiary/aromatic N) is 3. The van der Waals surface area contributed by atoms with Crippen molar-refractivity contribution in [3.8, 4) is 0 Å². The summed E-state index contributed by atoms with van der Waals surface area (Å²) in [5.74, 6) is 0.648. The van der Waals surface area contributed by atoms with Gasteiger partial charge in [0.1, 0.15) is 11.5 Å². The highest BCUT2D eigenvalue weighted by molar-refractivity contribution is 6.20. The van der Waals surface area contributed by atoms with Crippen LogP contribution in [0.5, 0.6) is 0 Å². The van der Waals surface area contributed by atoms with E-state index >= 15 is 0 Å². The van der Waals surface area contributed by atoms with E-state index in [1.807, 2.05) is 60.6 Å². The van der Waals surface area contributed by atoms with Gasteiger partial charge in [-0.3, -0.25) is 9.69 Å². The molecular formula is C30H26N4O. The van der Waals surface area contributed by atoms with Crippen LogP contribution in [0.15, 0.2) is 95.9 Å². The van der Waals surface area contributed by atoms with Crippen LogP contribution in [0, 0.1) is 6.92 Å². The van der Waals surface area contributed by atoms with Crippen molar-refractivity contribution in [1.29, 1.82) is 0 Å². The average molecular weight is 459 g/mol. The molecule has 6 rings (SSSR count). The molecule has 0 unspecified atom stereocenters. The first-order valence-corrected chi connectivity index (χ1v) is 11.9. The smallest absolute Gasteiger partial charge is 0.278 e. The van der Waals surface area contributed by atoms with Gasteiger partial charge in [0.05, 0.1) is 0 Å². The highest BCUT2D eigenvalue weighted by atomic mass is 16.2. The van der Waals surface area contributed by atoms with Gasteiger partial charge in [-0.2, -0.15) is 0 Å². The first-order chi connectivity index (χ1) is 17.1. The van der Waals surface area contributed by atoms with E-state index in [9.17, 15) is 4.79 Å². The Morgan fingerprint density at radius 3 is 2.51 bits per heavy atom. The summed E-state index contributed by atoms with van der Waals surface area (Å²) >= 11 is 0. The zero-order chi connectivity index (χ0) is 23.9. The largest absolute Gasteiger partial charge is 0.361 e. The number of benzene rings is 3. The van der Waals surface area contributed by atoms with Crippen molar-refractivity contribution in [2.45, 2.75) is 13.3 Å². The van der Waals surface area contributed by atoms with Gasteiger partial charge in [-0.15, -0.1) is 0 Å². The summed E-state index contributed by atoms with van der Waals surface area (Å²) in [4.78, 5) is 23.7. The maximum atomic E-state index is 13.7. The summed E-state index contributed by atoms with van der Waals surface area (Å²) in [5.41, 5.74) is 7.03. The maximum Gasteiger partial charge on any atom is 0.278 e. The Bertz CT molecular complexity index is 1630. The molecule has 1 aliphatic rings. The van der Waals surface area contributed by atoms with Crippen LogP contribution < -0.4 is 0 Å². The van der Waals surface area contributed by atoms with Crippen LogP contribution in [0.25, 0.3) is 27.9 Å². The van der Waals surface area contributed by atoms with Gasteiger partial charge in [0.2, 0.25) is 0 Å². The molecule has 0 atom stereocenters. The Balaban J connectivity index is 1.38. The normalized spacial score (nSPS) is 15.0. The van der Waals surface area contributed by atoms with Crippen molar-refractivity contribution in [1.82, 2.24) is 14.5 Å². The second-order valence-electron chi connectivity index (χ2n) is 9.11. The van der Waals surface area contributed by atoms with Crippen LogP contribution in [0.1, 0.15) is 22.3 Å². The van der Waals surface area contributed by atoms with Crippen LogP contribution in [0.3, 0.4) is 0 Å². The predicted octanol–water partition coefficient (Wildman–Crippen LogP) is 5.84. The van der Waals surface area contributed by atoms with E-state index in [2.05, 4.69) is 59.1 Å². The van der Waals surface area contributed by atoms with Gasteiger partial charge in [-0.1, -0.05) is 66.2 Å². The molecule has 0 radical (unpaired) electrons. The zero-order valence-corrected chi connectivity index (χ0v) is 19.8. The molecule has 3 heterocycles. The van der Waals surface area contributed by atoms with Crippen molar-refractivity contribution in [3.05, 3.63) is 113 Å². The minimum atomic E-state index is -0.0617. The van der Waals surface area contributed by atoms with Crippen LogP contribution in [-0.2, 0) is 18.3 Å². The number of H-pyrrole nitrogens is 1. The van der Waals surface area contributed by atoms with Crippen LogP contribution in [0.2, 0.25) is 0 Å². The molecule has 5 nitrogen and oxygen atoms in total. The van der Waals surface area contributed by atoms with Crippen molar-refractivity contribution in [2.24, 2.45) is 12.0 Å². The van der Waals surface area contributed by atoms with E-state index in [0.29, 0.717) is 18.1 Å². The average Bonchev–Trinajstić information content (AvgIpc) is 3.53. The van der Waals surface area contributed by atoms with E-state index < -0.39 is 0 Å². The number of rotatable bonds is 5. The molecule has 0 saturated carbocycles. The van der Waals surface area contributed by atoms with E-state index in [0.717, 1.165) is 34.0 Å². The van der Waals surface area contributed by atoms with Crippen LogP contribution >= 0.6 is 0 Å². The lowest BCUT2D eigenvalue weighted by Crippen LogP contribution is -2.34. The molecular weight excluding hydrogens is 432 g/mol. The number of fused-ring (bicyclic) bond motifs is 2. The molecule has 2 aromatic heterocycles. The number of carbonyl (C=O) groups excluding carboxylic acids is 1. The topological polar surface area (TPSA) is 53.4 Å². The molecule has 3 aromatic carbocycles. The van der Waals surface area contributed by atoms with Gasteiger partial charge >= 0.3 is 0 Å². The first kappa shape index (κ1) is 21.2. The highest BCUT2D eigenvalue weighted by Crippen LogP contribution is 2.27. The van der Waals surface area contributed by atoms with Crippen molar-refractivity contribution >= 4 is 39.6 Å². The molecule has 35 heavy (non-hydrogen) atoms. The third-order valence-electron chi connectivity index (χ3n) is 6.76. The Hall–Kier alpha value is -4.38. The first-order valence-electron chi connectivity index (χ1n) is 11.9. The Morgan fingerprint density at radius 1 is 0.943 bits per heavy atom. The number of carbonyl (C=O) groups is 1. The quantitative estimate of drug-likeness (QED) is 0.331. The molecule has 0 fully saturated rings. The van der Waals surface area contributed by atoms with E-state index in [1.165, 1.54) is 16.5 Å². The summed E-state index contributed by atoms with van der Waals surface area (Å²) in [6.45, 7) is 2.62. The van der Waals surface area contributed by atoms with Crippen LogP contribution in [-0.4, -0.2) is 32.7 Å². The number of nitrogens with one attached hydrogen (secondary N) is 1. The second-order valence-corrected chi connectivity index (χ2v) is 9.11. The zero-order valence-electron chi connectivity index (χ0n) is 19.8. The fourth-order valence-electron chi connectivity index (χ4n) is 4.89. The van der Waals surface area contributed by atoms with E-state index in [1.54, 1.807) is 0 Å². The van der Waals surface area contributed by atoms with Gasteiger partial charge in [-0.05, 0) is 37.1 Å². The minimum absolute atomic E-state index is 0.0617. The third-order valence-corrected chi connectivity index (χ3v) is 6.76. The lowest BCUT2D eigenvalue weighted by atomic mass is 10.1. The van der Waals surface area contributed by atoms with Crippen molar-refractivity contribution < 1.29 is 4.79 Å². The highest BCUT2D eigenvalue weighted by Gasteiger charge is 2.31. The SMILES string of the molecule is Cc1ccc(C2=N/C(=C/c3cn(C)c4ccccc34)C(=O)N2CCc2c[nH]c3ccccc23)cc1. The van der Waals surface area contributed by atoms with Crippen LogP contribution in [0.4, 0.5) is 0 Å². The number of amidine groups is 1. The number of para-hydroxylation sites is 2. The molecule has 0 bridgehead atoms. The molecule has 1 aliphatic heterocycles. The number of aromatic amines is 1. The van der Waals surface area contributed by atoms with Gasteiger partial charge in [0.25, 0.3) is 5.91 Å². The second kappa shape index (κ2) is 8.44.